The average molecular weight is 271 g/mol. The number of nitrogens with one attached hydrogen (secondary N) is 1. The van der Waals surface area contributed by atoms with E-state index in [9.17, 15) is 31.5 Å². The molecule has 2 N–H and O–H groups in total. The van der Waals surface area contributed by atoms with Crippen LogP contribution in [0.4, 0.5) is 22.0 Å². The van der Waals surface area contributed by atoms with Gasteiger partial charge in [0.15, 0.2) is 0 Å². The third-order valence-electron chi connectivity index (χ3n) is 2.00. The van der Waals surface area contributed by atoms with E-state index >= 15 is 0 Å². The van der Waals surface area contributed by atoms with Gasteiger partial charge in [-0.25, -0.2) is 8.78 Å². The Hall–Kier alpha value is -1.93. The van der Waals surface area contributed by atoms with Crippen molar-refractivity contribution in [3.05, 3.63) is 33.2 Å². The summed E-state index contributed by atoms with van der Waals surface area (Å²) in [6.45, 7) is 0. The number of hydrogen-bond donors (Lipinski definition) is 2. The van der Waals surface area contributed by atoms with Crippen molar-refractivity contribution in [3.8, 4) is 0 Å². The van der Waals surface area contributed by atoms with Crippen LogP contribution in [0.1, 0.15) is 23.2 Å². The van der Waals surface area contributed by atoms with E-state index in [1.165, 1.54) is 4.98 Å². The molecule has 0 saturated heterocycles. The summed E-state index contributed by atoms with van der Waals surface area (Å²) in [6, 6.07) is 0.350. The van der Waals surface area contributed by atoms with E-state index in [1.54, 1.807) is 0 Å². The van der Waals surface area contributed by atoms with Crippen LogP contribution in [0.15, 0.2) is 10.9 Å². The number of aliphatic carboxylic acids is 1. The molecule has 0 spiro atoms. The Morgan fingerprint density at radius 2 is 1.94 bits per heavy atom. The second-order valence-electron chi connectivity index (χ2n) is 3.32. The van der Waals surface area contributed by atoms with E-state index in [4.69, 9.17) is 5.11 Å². The molecule has 0 aliphatic rings. The smallest absolute Gasteiger partial charge is 0.418 e. The van der Waals surface area contributed by atoms with Gasteiger partial charge in [0.1, 0.15) is 0 Å². The fourth-order valence-corrected chi connectivity index (χ4v) is 1.44. The quantitative estimate of drug-likeness (QED) is 0.825. The Morgan fingerprint density at radius 3 is 2.33 bits per heavy atom. The number of aromatic nitrogens is 1. The first-order valence-corrected chi connectivity index (χ1v) is 4.46. The summed E-state index contributed by atoms with van der Waals surface area (Å²) >= 11 is 0. The third-order valence-corrected chi connectivity index (χ3v) is 2.00. The van der Waals surface area contributed by atoms with Gasteiger partial charge in [0.2, 0.25) is 5.56 Å². The van der Waals surface area contributed by atoms with Crippen LogP contribution in [0.5, 0.6) is 0 Å². The van der Waals surface area contributed by atoms with Crippen molar-refractivity contribution in [2.24, 2.45) is 0 Å². The zero-order valence-corrected chi connectivity index (χ0v) is 8.52. The zero-order valence-electron chi connectivity index (χ0n) is 8.52. The average Bonchev–Trinajstić information content (AvgIpc) is 2.12. The molecular formula is C9H6F5NO3. The highest BCUT2D eigenvalue weighted by molar-refractivity contribution is 5.71. The number of H-pyrrole nitrogens is 1. The lowest BCUT2D eigenvalue weighted by Gasteiger charge is -2.15. The number of halogens is 5. The number of alkyl halides is 5. The molecule has 0 fully saturated rings. The molecule has 0 aliphatic heterocycles. The number of carbonyl (C=O) groups is 1. The Balaban J connectivity index is 3.58. The van der Waals surface area contributed by atoms with Crippen LogP contribution in [0.25, 0.3) is 0 Å². The van der Waals surface area contributed by atoms with Crippen molar-refractivity contribution >= 4 is 5.97 Å². The normalized spacial score (nSPS) is 11.9. The number of hydrogen-bond acceptors (Lipinski definition) is 2. The van der Waals surface area contributed by atoms with E-state index in [2.05, 4.69) is 0 Å². The highest BCUT2D eigenvalue weighted by Crippen LogP contribution is 2.37. The molecule has 4 nitrogen and oxygen atoms in total. The summed E-state index contributed by atoms with van der Waals surface area (Å²) in [4.78, 5) is 22.7. The van der Waals surface area contributed by atoms with Crippen molar-refractivity contribution in [1.82, 2.24) is 4.98 Å². The van der Waals surface area contributed by atoms with Gasteiger partial charge in [-0.1, -0.05) is 0 Å². The lowest BCUT2D eigenvalue weighted by atomic mass is 10.0. The Bertz CT molecular complexity index is 520. The highest BCUT2D eigenvalue weighted by atomic mass is 19.4. The molecule has 1 aromatic rings. The minimum Gasteiger partial charge on any atom is -0.481 e. The number of rotatable bonds is 3. The van der Waals surface area contributed by atoms with Crippen molar-refractivity contribution in [2.45, 2.75) is 19.0 Å². The first-order chi connectivity index (χ1) is 8.12. The van der Waals surface area contributed by atoms with Gasteiger partial charge in [0.05, 0.1) is 17.7 Å². The lowest BCUT2D eigenvalue weighted by Crippen LogP contribution is -2.22. The van der Waals surface area contributed by atoms with Crippen molar-refractivity contribution in [2.75, 3.05) is 0 Å². The van der Waals surface area contributed by atoms with Crippen molar-refractivity contribution < 1.29 is 31.9 Å². The van der Waals surface area contributed by atoms with Crippen LogP contribution in [0.3, 0.4) is 0 Å². The van der Waals surface area contributed by atoms with Crippen LogP contribution in [0.2, 0.25) is 0 Å². The Morgan fingerprint density at radius 1 is 1.39 bits per heavy atom. The molecule has 1 rings (SSSR count). The molecule has 0 radical (unpaired) electrons. The summed E-state index contributed by atoms with van der Waals surface area (Å²) in [5.41, 5.74) is -5.63. The lowest BCUT2D eigenvalue weighted by molar-refractivity contribution is -0.141. The van der Waals surface area contributed by atoms with E-state index in [-0.39, 0.29) is 0 Å². The molecule has 0 bridgehead atoms. The maximum atomic E-state index is 12.6. The largest absolute Gasteiger partial charge is 0.481 e. The van der Waals surface area contributed by atoms with Crippen LogP contribution >= 0.6 is 0 Å². The molecule has 1 heterocycles. The monoisotopic (exact) mass is 271 g/mol. The van der Waals surface area contributed by atoms with Crippen LogP contribution in [-0.2, 0) is 17.4 Å². The number of pyridine rings is 1. The second-order valence-corrected chi connectivity index (χ2v) is 3.32. The SMILES string of the molecule is O=C(O)Cc1cc(=O)[nH]c(C(F)F)c1C(F)(F)F. The second kappa shape index (κ2) is 4.75. The maximum Gasteiger partial charge on any atom is 0.418 e. The maximum absolute atomic E-state index is 12.6. The Kier molecular flexibility index (Phi) is 3.73. The van der Waals surface area contributed by atoms with Gasteiger partial charge in [-0.05, 0) is 5.56 Å². The van der Waals surface area contributed by atoms with Gasteiger partial charge in [-0.3, -0.25) is 9.59 Å². The van der Waals surface area contributed by atoms with Gasteiger partial charge < -0.3 is 10.1 Å². The van der Waals surface area contributed by atoms with Crippen LogP contribution in [0, 0.1) is 0 Å². The summed E-state index contributed by atoms with van der Waals surface area (Å²) < 4.78 is 62.7. The molecule has 0 aromatic carbocycles. The van der Waals surface area contributed by atoms with E-state index in [1.807, 2.05) is 0 Å². The topological polar surface area (TPSA) is 70.2 Å². The fraction of sp³-hybridized carbons (Fsp3) is 0.333. The standard InChI is InChI=1S/C9H6F5NO3/c10-8(11)7-6(9(12,13)14)3(2-5(17)18)1-4(16)15-7/h1,8H,2H2,(H,15,16)(H,17,18). The van der Waals surface area contributed by atoms with Gasteiger partial charge in [0, 0.05) is 6.07 Å². The highest BCUT2D eigenvalue weighted by Gasteiger charge is 2.39. The first kappa shape index (κ1) is 14.1. The summed E-state index contributed by atoms with van der Waals surface area (Å²) in [5.74, 6) is -1.66. The predicted molar refractivity (Wildman–Crippen MR) is 48.4 cm³/mol. The summed E-state index contributed by atoms with van der Waals surface area (Å²) in [6.07, 6.45) is -9.91. The van der Waals surface area contributed by atoms with Crippen LogP contribution in [-0.4, -0.2) is 16.1 Å². The first-order valence-electron chi connectivity index (χ1n) is 4.46. The number of carboxylic acid groups (broad SMARTS) is 1. The molecule has 0 atom stereocenters. The number of aromatic amines is 1. The third kappa shape index (κ3) is 3.05. The molecule has 0 saturated carbocycles. The molecule has 9 heteroatoms. The van der Waals surface area contributed by atoms with Crippen molar-refractivity contribution in [1.29, 1.82) is 0 Å². The molecule has 100 valence electrons. The predicted octanol–water partition coefficient (Wildman–Crippen LogP) is 1.96. The molecule has 18 heavy (non-hydrogen) atoms. The molecule has 1 aromatic heterocycles. The van der Waals surface area contributed by atoms with Crippen molar-refractivity contribution in [3.63, 3.8) is 0 Å². The van der Waals surface area contributed by atoms with Gasteiger partial charge >= 0.3 is 12.1 Å². The summed E-state index contributed by atoms with van der Waals surface area (Å²) in [5, 5.41) is 8.41. The summed E-state index contributed by atoms with van der Waals surface area (Å²) in [7, 11) is 0. The zero-order chi connectivity index (χ0) is 14.1. The molecule has 0 amide bonds. The molecule has 0 aliphatic carbocycles. The van der Waals surface area contributed by atoms with Gasteiger partial charge in [0.25, 0.3) is 6.43 Å². The minimum atomic E-state index is -5.18. The van der Waals surface area contributed by atoms with Crippen LogP contribution < -0.4 is 5.56 Å². The van der Waals surface area contributed by atoms with E-state index in [0.29, 0.717) is 6.07 Å². The fourth-order valence-electron chi connectivity index (χ4n) is 1.44. The van der Waals surface area contributed by atoms with Gasteiger partial charge in [-0.2, -0.15) is 13.2 Å². The minimum absolute atomic E-state index is 0.350. The van der Waals surface area contributed by atoms with Gasteiger partial charge in [-0.15, -0.1) is 0 Å². The Labute approximate surface area is 96.1 Å². The van der Waals surface area contributed by atoms with E-state index in [0.717, 1.165) is 0 Å². The van der Waals surface area contributed by atoms with E-state index < -0.39 is 47.4 Å². The molecule has 0 unspecified atom stereocenters. The molecular weight excluding hydrogens is 265 g/mol. The number of carboxylic acids is 1.